The monoisotopic (exact) mass is 761 g/mol. The van der Waals surface area contributed by atoms with Crippen molar-refractivity contribution < 1.29 is 46.3 Å². The average Bonchev–Trinajstić information content (AvgIpc) is 3.42. The summed E-state index contributed by atoms with van der Waals surface area (Å²) in [5.41, 5.74) is 1.26. The number of ether oxygens (including phenoxy) is 2. The maximum absolute atomic E-state index is 14.1. The Bertz CT molecular complexity index is 2050. The van der Waals surface area contributed by atoms with Gasteiger partial charge in [0.15, 0.2) is 0 Å². The topological polar surface area (TPSA) is 140 Å². The molecule has 4 fully saturated rings. The lowest BCUT2D eigenvalue weighted by atomic mass is 9.83. The van der Waals surface area contributed by atoms with E-state index < -0.39 is 47.4 Å². The summed E-state index contributed by atoms with van der Waals surface area (Å²) in [6.07, 6.45) is 1.21. The van der Waals surface area contributed by atoms with Gasteiger partial charge < -0.3 is 24.9 Å². The van der Waals surface area contributed by atoms with Gasteiger partial charge in [-0.15, -0.1) is 0 Å². The first-order valence-corrected chi connectivity index (χ1v) is 18.4. The zero-order chi connectivity index (χ0) is 38.4. The fourth-order valence-corrected chi connectivity index (χ4v) is 8.67. The van der Waals surface area contributed by atoms with E-state index in [1.165, 1.54) is 7.11 Å². The highest BCUT2D eigenvalue weighted by Gasteiger charge is 2.55. The lowest BCUT2D eigenvalue weighted by Crippen LogP contribution is -2.48. The van der Waals surface area contributed by atoms with Crippen LogP contribution in [-0.4, -0.2) is 54.5 Å². The quantitative estimate of drug-likeness (QED) is 0.145. The third kappa shape index (κ3) is 7.61. The van der Waals surface area contributed by atoms with Gasteiger partial charge in [-0.3, -0.25) is 14.9 Å². The standard InChI is InChI=1S/C40H39F4N5O6/c1-53-33-17-22(35-28-14-21(15-32(28)55-49-35)19-54-39(52)46-23-5-3-2-4-6-23)16-31(47-33)37(50)48-36-26-11-10-25(27(26)13-20-7-8-20)34(36)38(51)45-24-9-12-30(41)29(18-24)40(42,43)44/h2-6,9,12-13,16-18,20-21,25-26,28,32,34,36H,7-8,10-11,14-15,19H2,1H3,(H,45,51)(H,46,52)(H,48,50)/b27-13-/t21?,25?,26?,28?,32?,34-,36+/m0/s1. The smallest absolute Gasteiger partial charge is 0.419 e. The number of hydrogen-bond acceptors (Lipinski definition) is 8. The molecule has 3 aromatic rings. The van der Waals surface area contributed by atoms with Crippen LogP contribution < -0.4 is 20.7 Å². The third-order valence-corrected chi connectivity index (χ3v) is 11.3. The van der Waals surface area contributed by atoms with E-state index in [0.29, 0.717) is 54.3 Å². The van der Waals surface area contributed by atoms with E-state index in [9.17, 15) is 31.9 Å². The van der Waals surface area contributed by atoms with Crippen molar-refractivity contribution in [1.82, 2.24) is 10.3 Å². The van der Waals surface area contributed by atoms with Crippen molar-refractivity contribution in [3.05, 3.63) is 95.0 Å². The van der Waals surface area contributed by atoms with Gasteiger partial charge in [0.25, 0.3) is 5.91 Å². The molecule has 0 radical (unpaired) electrons. The molecule has 288 valence electrons. The van der Waals surface area contributed by atoms with E-state index >= 15 is 0 Å². The molecule has 0 saturated heterocycles. The molecule has 3 amide bonds. The van der Waals surface area contributed by atoms with E-state index in [4.69, 9.17) is 14.3 Å². The van der Waals surface area contributed by atoms with Crippen LogP contribution in [0.4, 0.5) is 33.7 Å². The van der Waals surface area contributed by atoms with Gasteiger partial charge in [0, 0.05) is 40.9 Å². The minimum absolute atomic E-state index is 0.0160. The van der Waals surface area contributed by atoms with Gasteiger partial charge in [-0.05, 0) is 92.7 Å². The van der Waals surface area contributed by atoms with Crippen molar-refractivity contribution in [2.45, 2.75) is 56.8 Å². The Morgan fingerprint density at radius 3 is 2.45 bits per heavy atom. The molecule has 5 unspecified atom stereocenters. The minimum atomic E-state index is -4.94. The van der Waals surface area contributed by atoms with Gasteiger partial charge >= 0.3 is 12.3 Å². The van der Waals surface area contributed by atoms with E-state index in [2.05, 4.69) is 32.2 Å². The molecule has 2 bridgehead atoms. The number of oxime groups is 1. The Labute approximate surface area is 313 Å². The number of nitrogens with zero attached hydrogens (tertiary/aromatic N) is 2. The van der Waals surface area contributed by atoms with Crippen LogP contribution in [-0.2, 0) is 20.5 Å². The number of carbonyl (C=O) groups is 3. The molecule has 4 saturated carbocycles. The normalized spacial score (nSPS) is 27.3. The Morgan fingerprint density at radius 2 is 1.71 bits per heavy atom. The molecule has 15 heteroatoms. The first-order valence-electron chi connectivity index (χ1n) is 18.4. The minimum Gasteiger partial charge on any atom is -0.481 e. The molecule has 0 spiro atoms. The molecule has 3 N–H and O–H groups in total. The number of halogens is 4. The molecule has 5 aliphatic rings. The molecule has 2 heterocycles. The fraction of sp³-hybridized carbons (Fsp3) is 0.425. The van der Waals surface area contributed by atoms with Crippen LogP contribution in [0.15, 0.2) is 77.5 Å². The van der Waals surface area contributed by atoms with Gasteiger partial charge in [-0.25, -0.2) is 14.2 Å². The molecule has 1 aromatic heterocycles. The number of allylic oxidation sites excluding steroid dienone is 1. The van der Waals surface area contributed by atoms with Crippen LogP contribution in [0.5, 0.6) is 5.88 Å². The van der Waals surface area contributed by atoms with E-state index in [1.54, 1.807) is 24.3 Å². The highest BCUT2D eigenvalue weighted by molar-refractivity contribution is 6.05. The summed E-state index contributed by atoms with van der Waals surface area (Å²) in [4.78, 5) is 50.5. The molecular weight excluding hydrogens is 722 g/mol. The highest BCUT2D eigenvalue weighted by Crippen LogP contribution is 2.54. The number of carbonyl (C=O) groups excluding carboxylic acids is 3. The van der Waals surface area contributed by atoms with Crippen LogP contribution in [0.2, 0.25) is 0 Å². The Hall–Kier alpha value is -5.47. The van der Waals surface area contributed by atoms with Crippen molar-refractivity contribution in [2.75, 3.05) is 24.4 Å². The lowest BCUT2D eigenvalue weighted by molar-refractivity contribution is -0.140. The number of para-hydroxylation sites is 1. The second kappa shape index (κ2) is 14.6. The molecule has 7 atom stereocenters. The fourth-order valence-electron chi connectivity index (χ4n) is 8.67. The van der Waals surface area contributed by atoms with Crippen molar-refractivity contribution in [3.8, 4) is 5.88 Å². The largest absolute Gasteiger partial charge is 0.481 e. The predicted octanol–water partition coefficient (Wildman–Crippen LogP) is 7.36. The molecule has 4 aliphatic carbocycles. The number of anilines is 2. The lowest BCUT2D eigenvalue weighted by Gasteiger charge is -2.30. The third-order valence-electron chi connectivity index (χ3n) is 11.3. The van der Waals surface area contributed by atoms with Gasteiger partial charge in [-0.1, -0.05) is 35.0 Å². The molecule has 55 heavy (non-hydrogen) atoms. The summed E-state index contributed by atoms with van der Waals surface area (Å²) < 4.78 is 65.4. The van der Waals surface area contributed by atoms with E-state index in [0.717, 1.165) is 30.9 Å². The Kier molecular flexibility index (Phi) is 9.72. The molecule has 8 rings (SSSR count). The van der Waals surface area contributed by atoms with E-state index in [-0.39, 0.29) is 53.6 Å². The molecular formula is C40H39F4N5O6. The number of nitrogens with one attached hydrogen (secondary N) is 3. The van der Waals surface area contributed by atoms with Crippen LogP contribution in [0, 0.1) is 41.3 Å². The summed E-state index contributed by atoms with van der Waals surface area (Å²) in [6.45, 7) is 0.190. The number of fused-ring (bicyclic) bond motifs is 3. The molecule has 2 aromatic carbocycles. The van der Waals surface area contributed by atoms with Crippen molar-refractivity contribution in [2.24, 2.45) is 40.7 Å². The van der Waals surface area contributed by atoms with Crippen molar-refractivity contribution in [1.29, 1.82) is 0 Å². The van der Waals surface area contributed by atoms with Gasteiger partial charge in [0.05, 0.1) is 30.9 Å². The van der Waals surface area contributed by atoms with Crippen molar-refractivity contribution >= 4 is 35.0 Å². The number of alkyl halides is 3. The second-order valence-corrected chi connectivity index (χ2v) is 14.9. The van der Waals surface area contributed by atoms with Gasteiger partial charge in [-0.2, -0.15) is 13.2 Å². The van der Waals surface area contributed by atoms with Gasteiger partial charge in [0.1, 0.15) is 17.6 Å². The van der Waals surface area contributed by atoms with Crippen LogP contribution >= 0.6 is 0 Å². The molecule has 11 nitrogen and oxygen atoms in total. The number of benzene rings is 2. The second-order valence-electron chi connectivity index (χ2n) is 14.9. The number of aromatic nitrogens is 1. The summed E-state index contributed by atoms with van der Waals surface area (Å²) in [5, 5.41) is 12.7. The molecule has 1 aliphatic heterocycles. The SMILES string of the molecule is COc1cc(C2=NOC3CC(COC(=O)Nc4ccccc4)CC23)cc(C(=O)N[C@@H]2C3CCC(/C3=C/C3CC3)[C@@H]2C(=O)Nc2ccc(F)c(C(F)(F)F)c2)n1. The first-order chi connectivity index (χ1) is 26.4. The zero-order valence-corrected chi connectivity index (χ0v) is 29.8. The van der Waals surface area contributed by atoms with Crippen molar-refractivity contribution in [3.63, 3.8) is 0 Å². The van der Waals surface area contributed by atoms with E-state index in [1.807, 2.05) is 18.2 Å². The summed E-state index contributed by atoms with van der Waals surface area (Å²) >= 11 is 0. The first kappa shape index (κ1) is 36.5. The average molecular weight is 762 g/mol. The number of hydrogen-bond donors (Lipinski definition) is 3. The Morgan fingerprint density at radius 1 is 0.927 bits per heavy atom. The van der Waals surface area contributed by atoms with Crippen LogP contribution in [0.25, 0.3) is 0 Å². The Balaban J connectivity index is 0.980. The maximum Gasteiger partial charge on any atom is 0.419 e. The maximum atomic E-state index is 14.1. The highest BCUT2D eigenvalue weighted by atomic mass is 19.4. The number of rotatable bonds is 10. The van der Waals surface area contributed by atoms with Crippen LogP contribution in [0.3, 0.4) is 0 Å². The summed E-state index contributed by atoms with van der Waals surface area (Å²) in [5.74, 6) is -3.24. The number of methoxy groups -OCH3 is 1. The van der Waals surface area contributed by atoms with Gasteiger partial charge in [0.2, 0.25) is 11.8 Å². The predicted molar refractivity (Wildman–Crippen MR) is 192 cm³/mol. The van der Waals surface area contributed by atoms with Crippen LogP contribution in [0.1, 0.15) is 60.1 Å². The number of amides is 3. The summed E-state index contributed by atoms with van der Waals surface area (Å²) in [6, 6.07) is 13.9. The zero-order valence-electron chi connectivity index (χ0n) is 29.8. The number of pyridine rings is 1. The summed E-state index contributed by atoms with van der Waals surface area (Å²) in [7, 11) is 1.43.